The minimum atomic E-state index is -0.297. The highest BCUT2D eigenvalue weighted by Gasteiger charge is 2.07. The van der Waals surface area contributed by atoms with Gasteiger partial charge in [0, 0.05) is 29.4 Å². The summed E-state index contributed by atoms with van der Waals surface area (Å²) in [7, 11) is 0. The number of hydrogen-bond acceptors (Lipinski definition) is 2. The Labute approximate surface area is 157 Å². The molecule has 2 N–H and O–H groups in total. The highest BCUT2D eigenvalue weighted by Crippen LogP contribution is 2.18. The maximum atomic E-state index is 13.1. The second kappa shape index (κ2) is 8.16. The molecule has 1 amide bonds. The van der Waals surface area contributed by atoms with Gasteiger partial charge in [-0.15, -0.1) is 0 Å². The quantitative estimate of drug-likeness (QED) is 0.700. The van der Waals surface area contributed by atoms with E-state index in [0.717, 1.165) is 27.6 Å². The number of rotatable bonds is 6. The predicted molar refractivity (Wildman–Crippen MR) is 105 cm³/mol. The highest BCUT2D eigenvalue weighted by atomic mass is 19.1. The standard InChI is InChI=1S/C22H23FN2O2/c1-14-10-15(2)19-13-17(22(27)25-20(19)11-14)8-9-24-21(26)7-6-16-4-3-5-18(23)12-16/h3-5,10-13H,6-9H2,1-2H3,(H,24,26)(H,25,27). The molecule has 0 aliphatic carbocycles. The number of nitrogens with one attached hydrogen (secondary N) is 2. The average molecular weight is 366 g/mol. The normalized spacial score (nSPS) is 10.9. The molecular weight excluding hydrogens is 343 g/mol. The predicted octanol–water partition coefficient (Wildman–Crippen LogP) is 3.58. The van der Waals surface area contributed by atoms with Gasteiger partial charge in [0.2, 0.25) is 5.91 Å². The summed E-state index contributed by atoms with van der Waals surface area (Å²) in [5.74, 6) is -0.405. The van der Waals surface area contributed by atoms with E-state index < -0.39 is 0 Å². The molecule has 0 aliphatic rings. The van der Waals surface area contributed by atoms with Crippen LogP contribution in [0.2, 0.25) is 0 Å². The maximum absolute atomic E-state index is 13.1. The molecule has 27 heavy (non-hydrogen) atoms. The van der Waals surface area contributed by atoms with Crippen molar-refractivity contribution in [2.75, 3.05) is 6.54 Å². The summed E-state index contributed by atoms with van der Waals surface area (Å²) in [5.41, 5.74) is 4.37. The summed E-state index contributed by atoms with van der Waals surface area (Å²) in [6.45, 7) is 4.41. The van der Waals surface area contributed by atoms with Crippen LogP contribution in [0.25, 0.3) is 10.9 Å². The molecule has 4 nitrogen and oxygen atoms in total. The molecule has 2 aromatic carbocycles. The minimum absolute atomic E-state index is 0.108. The van der Waals surface area contributed by atoms with Crippen LogP contribution in [0, 0.1) is 19.7 Å². The van der Waals surface area contributed by atoms with E-state index in [2.05, 4.69) is 16.4 Å². The van der Waals surface area contributed by atoms with Gasteiger partial charge in [0.05, 0.1) is 0 Å². The molecule has 0 aliphatic heterocycles. The molecule has 1 aromatic heterocycles. The van der Waals surface area contributed by atoms with E-state index in [1.54, 1.807) is 12.1 Å². The van der Waals surface area contributed by atoms with E-state index in [4.69, 9.17) is 0 Å². The van der Waals surface area contributed by atoms with Crippen molar-refractivity contribution in [2.45, 2.75) is 33.1 Å². The zero-order valence-corrected chi connectivity index (χ0v) is 15.6. The number of benzene rings is 2. The van der Waals surface area contributed by atoms with Gasteiger partial charge in [-0.25, -0.2) is 4.39 Å². The first-order valence-corrected chi connectivity index (χ1v) is 9.06. The molecule has 0 radical (unpaired) electrons. The van der Waals surface area contributed by atoms with E-state index in [1.165, 1.54) is 12.1 Å². The number of aromatic nitrogens is 1. The van der Waals surface area contributed by atoms with Gasteiger partial charge in [-0.2, -0.15) is 0 Å². The lowest BCUT2D eigenvalue weighted by atomic mass is 10.0. The van der Waals surface area contributed by atoms with Crippen LogP contribution < -0.4 is 10.9 Å². The summed E-state index contributed by atoms with van der Waals surface area (Å²) in [6, 6.07) is 12.2. The van der Waals surface area contributed by atoms with Gasteiger partial charge in [-0.05, 0) is 67.6 Å². The fourth-order valence-electron chi connectivity index (χ4n) is 3.28. The topological polar surface area (TPSA) is 62.0 Å². The number of pyridine rings is 1. The Morgan fingerprint density at radius 2 is 1.93 bits per heavy atom. The molecule has 3 aromatic rings. The van der Waals surface area contributed by atoms with Crippen molar-refractivity contribution in [1.82, 2.24) is 10.3 Å². The van der Waals surface area contributed by atoms with Crippen LogP contribution in [-0.4, -0.2) is 17.4 Å². The summed E-state index contributed by atoms with van der Waals surface area (Å²) in [4.78, 5) is 27.2. The molecule has 3 rings (SSSR count). The van der Waals surface area contributed by atoms with Gasteiger partial charge >= 0.3 is 0 Å². The van der Waals surface area contributed by atoms with E-state index in [1.807, 2.05) is 26.0 Å². The number of aryl methyl sites for hydroxylation is 3. The third-order valence-electron chi connectivity index (χ3n) is 4.64. The summed E-state index contributed by atoms with van der Waals surface area (Å²) in [6.07, 6.45) is 1.24. The molecule has 0 saturated heterocycles. The number of amides is 1. The molecule has 0 saturated carbocycles. The van der Waals surface area contributed by atoms with Gasteiger partial charge in [-0.3, -0.25) is 9.59 Å². The number of carbonyl (C=O) groups is 1. The second-order valence-corrected chi connectivity index (χ2v) is 6.90. The Morgan fingerprint density at radius 3 is 2.70 bits per heavy atom. The number of halogens is 1. The smallest absolute Gasteiger partial charge is 0.251 e. The summed E-state index contributed by atoms with van der Waals surface area (Å²) < 4.78 is 13.1. The van der Waals surface area contributed by atoms with Crippen molar-refractivity contribution in [3.63, 3.8) is 0 Å². The molecule has 0 bridgehead atoms. The molecule has 1 heterocycles. The SMILES string of the molecule is Cc1cc(C)c2cc(CCNC(=O)CCc3cccc(F)c3)c(=O)[nH]c2c1. The van der Waals surface area contributed by atoms with Crippen LogP contribution >= 0.6 is 0 Å². The largest absolute Gasteiger partial charge is 0.356 e. The first-order valence-electron chi connectivity index (χ1n) is 9.06. The lowest BCUT2D eigenvalue weighted by Crippen LogP contribution is -2.27. The zero-order chi connectivity index (χ0) is 19.4. The van der Waals surface area contributed by atoms with Crippen LogP contribution in [0.3, 0.4) is 0 Å². The van der Waals surface area contributed by atoms with Crippen LogP contribution in [0.1, 0.15) is 28.7 Å². The monoisotopic (exact) mass is 366 g/mol. The van der Waals surface area contributed by atoms with Crippen molar-refractivity contribution in [2.24, 2.45) is 0 Å². The van der Waals surface area contributed by atoms with Crippen LogP contribution in [0.4, 0.5) is 4.39 Å². The first-order chi connectivity index (χ1) is 12.9. The number of fused-ring (bicyclic) bond motifs is 1. The van der Waals surface area contributed by atoms with Gasteiger partial charge in [0.1, 0.15) is 5.82 Å². The van der Waals surface area contributed by atoms with Crippen molar-refractivity contribution in [1.29, 1.82) is 0 Å². The Kier molecular flexibility index (Phi) is 5.69. The third kappa shape index (κ3) is 4.82. The molecule has 0 atom stereocenters. The Bertz CT molecular complexity index is 1040. The number of H-pyrrole nitrogens is 1. The van der Waals surface area contributed by atoms with Gasteiger partial charge in [0.25, 0.3) is 5.56 Å². The molecule has 0 unspecified atom stereocenters. The Hall–Kier alpha value is -2.95. The van der Waals surface area contributed by atoms with Crippen molar-refractivity contribution >= 4 is 16.8 Å². The maximum Gasteiger partial charge on any atom is 0.251 e. The minimum Gasteiger partial charge on any atom is -0.356 e. The summed E-state index contributed by atoms with van der Waals surface area (Å²) >= 11 is 0. The third-order valence-corrected chi connectivity index (χ3v) is 4.64. The number of hydrogen-bond donors (Lipinski definition) is 2. The van der Waals surface area contributed by atoms with Crippen LogP contribution in [0.5, 0.6) is 0 Å². The van der Waals surface area contributed by atoms with E-state index in [-0.39, 0.29) is 23.7 Å². The fourth-order valence-corrected chi connectivity index (χ4v) is 3.28. The Morgan fingerprint density at radius 1 is 1.11 bits per heavy atom. The Balaban J connectivity index is 1.57. The van der Waals surface area contributed by atoms with Gasteiger partial charge < -0.3 is 10.3 Å². The molecule has 0 spiro atoms. The van der Waals surface area contributed by atoms with Crippen molar-refractivity contribution in [3.05, 3.63) is 80.9 Å². The summed E-state index contributed by atoms with van der Waals surface area (Å²) in [5, 5.41) is 3.85. The van der Waals surface area contributed by atoms with Crippen LogP contribution in [-0.2, 0) is 17.6 Å². The molecule has 140 valence electrons. The molecular formula is C22H23FN2O2. The number of carbonyl (C=O) groups excluding carboxylic acids is 1. The van der Waals surface area contributed by atoms with Crippen molar-refractivity contribution < 1.29 is 9.18 Å². The highest BCUT2D eigenvalue weighted by molar-refractivity contribution is 5.83. The fraction of sp³-hybridized carbons (Fsp3) is 0.273. The first kappa shape index (κ1) is 18.8. The zero-order valence-electron chi connectivity index (χ0n) is 15.6. The number of aromatic amines is 1. The lowest BCUT2D eigenvalue weighted by molar-refractivity contribution is -0.121. The lowest BCUT2D eigenvalue weighted by Gasteiger charge is -2.08. The average Bonchev–Trinajstić information content (AvgIpc) is 2.61. The van der Waals surface area contributed by atoms with Gasteiger partial charge in [0.15, 0.2) is 0 Å². The van der Waals surface area contributed by atoms with Gasteiger partial charge in [-0.1, -0.05) is 18.2 Å². The van der Waals surface area contributed by atoms with E-state index in [9.17, 15) is 14.0 Å². The van der Waals surface area contributed by atoms with Crippen LogP contribution in [0.15, 0.2) is 47.3 Å². The molecule has 0 fully saturated rings. The van der Waals surface area contributed by atoms with Crippen molar-refractivity contribution in [3.8, 4) is 0 Å². The second-order valence-electron chi connectivity index (χ2n) is 6.90. The molecule has 5 heteroatoms. The van der Waals surface area contributed by atoms with E-state index >= 15 is 0 Å². The van der Waals surface area contributed by atoms with E-state index in [0.29, 0.717) is 24.9 Å².